The molecule has 0 saturated carbocycles. The molecule has 0 amide bonds. The van der Waals surface area contributed by atoms with Gasteiger partial charge >= 0.3 is 0 Å². The van der Waals surface area contributed by atoms with Crippen LogP contribution in [0.15, 0.2) is 84.9 Å². The van der Waals surface area contributed by atoms with Crippen molar-refractivity contribution in [2.24, 2.45) is 0 Å². The van der Waals surface area contributed by atoms with Gasteiger partial charge in [0.05, 0.1) is 0 Å². The monoisotopic (exact) mass is 420 g/mol. The third-order valence-corrected chi connectivity index (χ3v) is 4.32. The molecule has 0 aliphatic heterocycles. The van der Waals surface area contributed by atoms with Gasteiger partial charge < -0.3 is 0 Å². The van der Waals surface area contributed by atoms with Crippen LogP contribution in [0.2, 0.25) is 0 Å². The summed E-state index contributed by atoms with van der Waals surface area (Å²) >= 11 is 0. The zero-order valence-electron chi connectivity index (χ0n) is 22.2. The topological polar surface area (TPSA) is 0 Å². The predicted octanol–water partition coefficient (Wildman–Crippen LogP) is 10.5. The van der Waals surface area contributed by atoms with Crippen LogP contribution in [0.5, 0.6) is 0 Å². The number of benzene rings is 3. The van der Waals surface area contributed by atoms with Crippen molar-refractivity contribution in [1.82, 2.24) is 0 Å². The summed E-state index contributed by atoms with van der Waals surface area (Å²) in [5.74, 6) is 0.606. The highest BCUT2D eigenvalue weighted by Crippen LogP contribution is 2.22. The van der Waals surface area contributed by atoms with Crippen LogP contribution in [-0.4, -0.2) is 0 Å². The van der Waals surface area contributed by atoms with Crippen molar-refractivity contribution in [3.05, 3.63) is 96.1 Å². The molecule has 0 N–H and O–H groups in total. The molecule has 0 spiro atoms. The van der Waals surface area contributed by atoms with Crippen molar-refractivity contribution < 1.29 is 0 Å². The van der Waals surface area contributed by atoms with Crippen LogP contribution in [0.25, 0.3) is 11.1 Å². The van der Waals surface area contributed by atoms with Crippen molar-refractivity contribution in [2.75, 3.05) is 0 Å². The maximum absolute atomic E-state index is 2.22. The lowest BCUT2D eigenvalue weighted by Crippen LogP contribution is -2.10. The van der Waals surface area contributed by atoms with Crippen LogP contribution in [0.4, 0.5) is 0 Å². The third kappa shape index (κ3) is 12.8. The van der Waals surface area contributed by atoms with E-state index in [4.69, 9.17) is 0 Å². The molecule has 3 aromatic carbocycles. The minimum atomic E-state index is 0.293. The quantitative estimate of drug-likeness (QED) is 0.386. The Morgan fingerprint density at radius 3 is 1.16 bits per heavy atom. The molecule has 0 aromatic heterocycles. The van der Waals surface area contributed by atoms with Crippen LogP contribution >= 0.6 is 0 Å². The first-order valence-electron chi connectivity index (χ1n) is 12.1. The van der Waals surface area contributed by atoms with Crippen LogP contribution in [0.3, 0.4) is 0 Å². The molecule has 3 rings (SSSR count). The van der Waals surface area contributed by atoms with Gasteiger partial charge in [-0.15, -0.1) is 0 Å². The van der Waals surface area contributed by atoms with Gasteiger partial charge in [0.2, 0.25) is 0 Å². The highest BCUT2D eigenvalue weighted by molar-refractivity contribution is 5.63. The smallest absolute Gasteiger partial charge is 0.0132 e. The maximum Gasteiger partial charge on any atom is -0.0132 e. The molecular formula is C31H48. The lowest BCUT2D eigenvalue weighted by Gasteiger charge is -2.18. The predicted molar refractivity (Wildman–Crippen MR) is 145 cm³/mol. The first-order valence-corrected chi connectivity index (χ1v) is 12.1. The van der Waals surface area contributed by atoms with Crippen LogP contribution < -0.4 is 0 Å². The Kier molecular flexibility index (Phi) is 18.3. The van der Waals surface area contributed by atoms with E-state index in [1.165, 1.54) is 22.3 Å². The fourth-order valence-corrected chi connectivity index (χ4v) is 2.63. The highest BCUT2D eigenvalue weighted by atomic mass is 14.2. The van der Waals surface area contributed by atoms with Crippen molar-refractivity contribution in [2.45, 2.75) is 87.5 Å². The summed E-state index contributed by atoms with van der Waals surface area (Å²) in [5, 5.41) is 0. The second kappa shape index (κ2) is 18.4. The van der Waals surface area contributed by atoms with E-state index in [1.54, 1.807) is 0 Å². The van der Waals surface area contributed by atoms with E-state index in [2.05, 4.69) is 113 Å². The third-order valence-electron chi connectivity index (χ3n) is 4.32. The molecule has 0 heteroatoms. The lowest BCUT2D eigenvalue weighted by molar-refractivity contribution is 0.590. The van der Waals surface area contributed by atoms with E-state index >= 15 is 0 Å². The minimum Gasteiger partial charge on any atom is -0.0683 e. The molecule has 0 radical (unpaired) electrons. The Bertz CT molecular complexity index is 730. The summed E-state index contributed by atoms with van der Waals surface area (Å²) in [6, 6.07) is 29.9. The van der Waals surface area contributed by atoms with Gasteiger partial charge in [-0.3, -0.25) is 0 Å². The Morgan fingerprint density at radius 1 is 0.484 bits per heavy atom. The standard InChI is InChI=1S/C15H16.C10H14.3C2H6/c1-12(2)13-8-10-15(11-9-13)14-6-4-3-5-7-14;1-10(2,3)9-7-5-4-6-8-9;3*1-2/h3-12H,1-2H3;4-8H,1-3H3;3*1-2H3. The first kappa shape index (κ1) is 30.9. The maximum atomic E-state index is 2.22. The fraction of sp³-hybridized carbons (Fsp3) is 0.419. The molecular weight excluding hydrogens is 372 g/mol. The lowest BCUT2D eigenvalue weighted by atomic mass is 9.87. The Morgan fingerprint density at radius 2 is 0.839 bits per heavy atom. The second-order valence-corrected chi connectivity index (χ2v) is 7.76. The molecule has 0 fully saturated rings. The first-order chi connectivity index (χ1) is 14.9. The van der Waals surface area contributed by atoms with Gasteiger partial charge in [0, 0.05) is 0 Å². The van der Waals surface area contributed by atoms with Gasteiger partial charge in [0.1, 0.15) is 0 Å². The zero-order valence-corrected chi connectivity index (χ0v) is 22.2. The average Bonchev–Trinajstić information content (AvgIpc) is 2.84. The molecule has 0 unspecified atom stereocenters. The van der Waals surface area contributed by atoms with Gasteiger partial charge in [0.25, 0.3) is 0 Å². The normalized spacial score (nSPS) is 9.42. The molecule has 0 aliphatic rings. The molecule has 0 aliphatic carbocycles. The van der Waals surface area contributed by atoms with E-state index in [-0.39, 0.29) is 0 Å². The van der Waals surface area contributed by atoms with E-state index in [9.17, 15) is 0 Å². The van der Waals surface area contributed by atoms with Crippen molar-refractivity contribution >= 4 is 0 Å². The fourth-order valence-electron chi connectivity index (χ4n) is 2.63. The van der Waals surface area contributed by atoms with Gasteiger partial charge in [-0.2, -0.15) is 0 Å². The van der Waals surface area contributed by atoms with Gasteiger partial charge in [-0.25, -0.2) is 0 Å². The van der Waals surface area contributed by atoms with Crippen LogP contribution in [0.1, 0.15) is 93.2 Å². The average molecular weight is 421 g/mol. The van der Waals surface area contributed by atoms with Crippen LogP contribution in [-0.2, 0) is 5.41 Å². The Hall–Kier alpha value is -2.34. The molecule has 0 bridgehead atoms. The molecule has 0 heterocycles. The summed E-state index contributed by atoms with van der Waals surface area (Å²) in [6.07, 6.45) is 0. The molecule has 31 heavy (non-hydrogen) atoms. The number of rotatable bonds is 2. The summed E-state index contributed by atoms with van der Waals surface area (Å²) in [5.41, 5.74) is 5.67. The van der Waals surface area contributed by atoms with Crippen molar-refractivity contribution in [1.29, 1.82) is 0 Å². The summed E-state index contributed by atoms with van der Waals surface area (Å²) < 4.78 is 0. The van der Waals surface area contributed by atoms with Crippen molar-refractivity contribution in [3.8, 4) is 11.1 Å². The SMILES string of the molecule is CC.CC.CC.CC(C)(C)c1ccccc1.CC(C)c1ccc(-c2ccccc2)cc1. The number of hydrogen-bond acceptors (Lipinski definition) is 0. The summed E-state index contributed by atoms with van der Waals surface area (Å²) in [7, 11) is 0. The van der Waals surface area contributed by atoms with Crippen molar-refractivity contribution in [3.63, 3.8) is 0 Å². The largest absolute Gasteiger partial charge is 0.0683 e. The van der Waals surface area contributed by atoms with E-state index in [0.717, 1.165) is 0 Å². The van der Waals surface area contributed by atoms with Gasteiger partial charge in [0.15, 0.2) is 0 Å². The van der Waals surface area contributed by atoms with Crippen LogP contribution in [0, 0.1) is 0 Å². The van der Waals surface area contributed by atoms with E-state index < -0.39 is 0 Å². The number of hydrogen-bond donors (Lipinski definition) is 0. The Labute approximate surface area is 194 Å². The highest BCUT2D eigenvalue weighted by Gasteiger charge is 2.11. The molecule has 0 saturated heterocycles. The van der Waals surface area contributed by atoms with E-state index in [1.807, 2.05) is 47.6 Å². The minimum absolute atomic E-state index is 0.293. The molecule has 0 nitrogen and oxygen atoms in total. The molecule has 0 atom stereocenters. The van der Waals surface area contributed by atoms with E-state index in [0.29, 0.717) is 11.3 Å². The summed E-state index contributed by atoms with van der Waals surface area (Å²) in [4.78, 5) is 0. The second-order valence-electron chi connectivity index (χ2n) is 7.76. The van der Waals surface area contributed by atoms with Gasteiger partial charge in [-0.05, 0) is 33.6 Å². The molecule has 3 aromatic rings. The van der Waals surface area contributed by atoms with Gasteiger partial charge in [-0.1, -0.05) is 161 Å². The zero-order chi connectivity index (χ0) is 24.3. The molecule has 172 valence electrons. The Balaban J connectivity index is 0. The summed E-state index contributed by atoms with van der Waals surface area (Å²) in [6.45, 7) is 23.1.